The molecule has 0 radical (unpaired) electrons. The molecule has 2 amide bonds. The Morgan fingerprint density at radius 2 is 1.83 bits per heavy atom. The maximum absolute atomic E-state index is 13.1. The molecule has 0 aromatic heterocycles. The molecule has 1 saturated heterocycles. The smallest absolute Gasteiger partial charge is 0.253 e. The van der Waals surface area contributed by atoms with E-state index in [4.69, 9.17) is 9.47 Å². The number of hydrogen-bond acceptors (Lipinski definition) is 4. The van der Waals surface area contributed by atoms with Crippen LogP contribution in [0.1, 0.15) is 34.3 Å². The lowest BCUT2D eigenvalue weighted by Crippen LogP contribution is -2.45. The Balaban J connectivity index is 1.66. The number of aryl methyl sites for hydroxylation is 1. The molecular weight excluding hydrogens is 380 g/mol. The summed E-state index contributed by atoms with van der Waals surface area (Å²) in [6.07, 6.45) is 1.62. The lowest BCUT2D eigenvalue weighted by atomic mass is 9.95. The van der Waals surface area contributed by atoms with E-state index >= 15 is 0 Å². The normalized spacial score (nSPS) is 16.1. The Kier molecular flexibility index (Phi) is 6.98. The highest BCUT2D eigenvalue weighted by molar-refractivity contribution is 5.94. The maximum Gasteiger partial charge on any atom is 0.253 e. The minimum Gasteiger partial charge on any atom is -0.497 e. The molecule has 0 spiro atoms. The fraction of sp³-hybridized carbons (Fsp3) is 0.417. The third-order valence-electron chi connectivity index (χ3n) is 5.63. The molecule has 1 unspecified atom stereocenters. The summed E-state index contributed by atoms with van der Waals surface area (Å²) in [5.41, 5.74) is 2.71. The first-order valence-corrected chi connectivity index (χ1v) is 10.2. The number of rotatable bonds is 6. The predicted molar refractivity (Wildman–Crippen MR) is 116 cm³/mol. The van der Waals surface area contributed by atoms with Crippen molar-refractivity contribution in [2.45, 2.75) is 26.3 Å². The monoisotopic (exact) mass is 410 g/mol. The number of carbonyl (C=O) groups excluding carboxylic acids is 2. The second-order valence-electron chi connectivity index (χ2n) is 7.83. The highest BCUT2D eigenvalue weighted by atomic mass is 16.5. The van der Waals surface area contributed by atoms with E-state index in [1.165, 1.54) is 0 Å². The Labute approximate surface area is 178 Å². The van der Waals surface area contributed by atoms with Crippen LogP contribution in [0.2, 0.25) is 0 Å². The first kappa shape index (κ1) is 21.7. The summed E-state index contributed by atoms with van der Waals surface area (Å²) in [5, 5.41) is 0. The van der Waals surface area contributed by atoms with Gasteiger partial charge in [-0.25, -0.2) is 0 Å². The average Bonchev–Trinajstić information content (AvgIpc) is 2.78. The molecule has 3 rings (SSSR count). The Morgan fingerprint density at radius 1 is 1.10 bits per heavy atom. The second-order valence-corrected chi connectivity index (χ2v) is 7.83. The van der Waals surface area contributed by atoms with Gasteiger partial charge in [-0.1, -0.05) is 17.7 Å². The second kappa shape index (κ2) is 9.65. The van der Waals surface area contributed by atoms with Crippen molar-refractivity contribution >= 4 is 11.8 Å². The molecule has 6 nitrogen and oxygen atoms in total. The number of likely N-dealkylation sites (tertiary alicyclic amines) is 1. The van der Waals surface area contributed by atoms with Crippen molar-refractivity contribution in [1.29, 1.82) is 0 Å². The van der Waals surface area contributed by atoms with E-state index in [1.54, 1.807) is 31.1 Å². The van der Waals surface area contributed by atoms with Gasteiger partial charge in [-0.2, -0.15) is 0 Å². The quantitative estimate of drug-likeness (QED) is 0.731. The van der Waals surface area contributed by atoms with Crippen LogP contribution >= 0.6 is 0 Å². The summed E-state index contributed by atoms with van der Waals surface area (Å²) >= 11 is 0. The van der Waals surface area contributed by atoms with Crippen LogP contribution in [0.25, 0.3) is 0 Å². The molecule has 1 atom stereocenters. The zero-order valence-electron chi connectivity index (χ0n) is 18.2. The number of amides is 2. The van der Waals surface area contributed by atoms with Gasteiger partial charge in [-0.15, -0.1) is 0 Å². The Bertz CT molecular complexity index is 895. The lowest BCUT2D eigenvalue weighted by Gasteiger charge is -2.34. The van der Waals surface area contributed by atoms with Crippen molar-refractivity contribution in [2.75, 3.05) is 34.4 Å². The molecule has 2 aromatic rings. The molecule has 2 aromatic carbocycles. The Hall–Kier alpha value is -3.02. The van der Waals surface area contributed by atoms with Gasteiger partial charge in [0.2, 0.25) is 5.91 Å². The SMILES string of the molecule is COc1ccc(CN(C)C(=O)C2CCCN(C(=O)c3ccc(C)cc3)C2)c(OC)c1. The van der Waals surface area contributed by atoms with Crippen LogP contribution in [-0.2, 0) is 11.3 Å². The number of piperidine rings is 1. The topological polar surface area (TPSA) is 59.1 Å². The molecule has 1 aliphatic heterocycles. The van der Waals surface area contributed by atoms with Gasteiger partial charge < -0.3 is 19.3 Å². The van der Waals surface area contributed by atoms with Crippen molar-refractivity contribution in [1.82, 2.24) is 9.80 Å². The fourth-order valence-electron chi connectivity index (χ4n) is 3.87. The number of ether oxygens (including phenoxy) is 2. The third-order valence-corrected chi connectivity index (χ3v) is 5.63. The van der Waals surface area contributed by atoms with Crippen molar-refractivity contribution < 1.29 is 19.1 Å². The summed E-state index contributed by atoms with van der Waals surface area (Å²) in [6.45, 7) is 3.58. The Morgan fingerprint density at radius 3 is 2.50 bits per heavy atom. The first-order chi connectivity index (χ1) is 14.4. The van der Waals surface area contributed by atoms with E-state index in [1.807, 2.05) is 49.4 Å². The number of carbonyl (C=O) groups is 2. The van der Waals surface area contributed by atoms with Crippen molar-refractivity contribution in [3.05, 3.63) is 59.2 Å². The van der Waals surface area contributed by atoms with E-state index in [9.17, 15) is 9.59 Å². The summed E-state index contributed by atoms with van der Waals surface area (Å²) in [6, 6.07) is 13.2. The van der Waals surface area contributed by atoms with Gasteiger partial charge in [0.15, 0.2) is 0 Å². The maximum atomic E-state index is 13.1. The molecule has 0 N–H and O–H groups in total. The van der Waals surface area contributed by atoms with Crippen molar-refractivity contribution in [3.8, 4) is 11.5 Å². The van der Waals surface area contributed by atoms with Crippen LogP contribution in [0, 0.1) is 12.8 Å². The highest BCUT2D eigenvalue weighted by Crippen LogP contribution is 2.27. The van der Waals surface area contributed by atoms with Gasteiger partial charge in [-0.05, 0) is 44.0 Å². The fourth-order valence-corrected chi connectivity index (χ4v) is 3.87. The van der Waals surface area contributed by atoms with Gasteiger partial charge in [-0.3, -0.25) is 9.59 Å². The molecule has 0 aliphatic carbocycles. The third kappa shape index (κ3) is 4.93. The number of hydrogen-bond donors (Lipinski definition) is 0. The van der Waals surface area contributed by atoms with Crippen LogP contribution in [0.5, 0.6) is 11.5 Å². The van der Waals surface area contributed by atoms with Crippen LogP contribution in [0.4, 0.5) is 0 Å². The molecule has 6 heteroatoms. The standard InChI is InChI=1S/C24H30N2O4/c1-17-7-9-18(10-8-17)24(28)26-13-5-6-20(16-26)23(27)25(2)15-19-11-12-21(29-3)14-22(19)30-4/h7-12,14,20H,5-6,13,15-16H2,1-4H3. The largest absolute Gasteiger partial charge is 0.497 e. The summed E-state index contributed by atoms with van der Waals surface area (Å²) in [5.74, 6) is 1.25. The molecule has 0 bridgehead atoms. The predicted octanol–water partition coefficient (Wildman–Crippen LogP) is 3.52. The summed E-state index contributed by atoms with van der Waals surface area (Å²) in [7, 11) is 5.01. The first-order valence-electron chi connectivity index (χ1n) is 10.2. The molecular formula is C24H30N2O4. The minimum absolute atomic E-state index is 0.00743. The zero-order valence-corrected chi connectivity index (χ0v) is 18.2. The average molecular weight is 411 g/mol. The van der Waals surface area contributed by atoms with Crippen molar-refractivity contribution in [3.63, 3.8) is 0 Å². The number of nitrogens with zero attached hydrogens (tertiary/aromatic N) is 2. The minimum atomic E-state index is -0.192. The van der Waals surface area contributed by atoms with Crippen LogP contribution in [0.15, 0.2) is 42.5 Å². The van der Waals surface area contributed by atoms with Crippen LogP contribution in [0.3, 0.4) is 0 Å². The van der Waals surface area contributed by atoms with Crippen LogP contribution < -0.4 is 9.47 Å². The van der Waals surface area contributed by atoms with Gasteiger partial charge in [0.05, 0.1) is 20.1 Å². The van der Waals surface area contributed by atoms with E-state index in [2.05, 4.69) is 0 Å². The molecule has 1 fully saturated rings. The van der Waals surface area contributed by atoms with E-state index in [0.717, 1.165) is 24.0 Å². The van der Waals surface area contributed by atoms with Crippen LogP contribution in [-0.4, -0.2) is 56.0 Å². The van der Waals surface area contributed by atoms with Gasteiger partial charge in [0.25, 0.3) is 5.91 Å². The molecule has 160 valence electrons. The molecule has 1 aliphatic rings. The van der Waals surface area contributed by atoms with Crippen molar-refractivity contribution in [2.24, 2.45) is 5.92 Å². The van der Waals surface area contributed by atoms with Gasteiger partial charge in [0, 0.05) is 43.9 Å². The van der Waals surface area contributed by atoms with E-state index in [-0.39, 0.29) is 17.7 Å². The van der Waals surface area contributed by atoms with E-state index in [0.29, 0.717) is 36.7 Å². The number of methoxy groups -OCH3 is 2. The molecule has 1 heterocycles. The summed E-state index contributed by atoms with van der Waals surface area (Å²) in [4.78, 5) is 29.5. The lowest BCUT2D eigenvalue weighted by molar-refractivity contribution is -0.136. The number of benzene rings is 2. The summed E-state index contributed by atoms with van der Waals surface area (Å²) < 4.78 is 10.7. The molecule has 0 saturated carbocycles. The van der Waals surface area contributed by atoms with Gasteiger partial charge in [0.1, 0.15) is 11.5 Å². The zero-order chi connectivity index (χ0) is 21.7. The molecule has 30 heavy (non-hydrogen) atoms. The highest BCUT2D eigenvalue weighted by Gasteiger charge is 2.30. The van der Waals surface area contributed by atoms with Gasteiger partial charge >= 0.3 is 0 Å². The van der Waals surface area contributed by atoms with E-state index < -0.39 is 0 Å².